The van der Waals surface area contributed by atoms with Crippen LogP contribution in [-0.4, -0.2) is 33.7 Å². The van der Waals surface area contributed by atoms with Crippen LogP contribution in [0.3, 0.4) is 0 Å². The number of hydrogen-bond acceptors (Lipinski definition) is 5. The number of methoxy groups -OCH3 is 1. The molecule has 1 amide bonds. The third kappa shape index (κ3) is 5.37. The van der Waals surface area contributed by atoms with Crippen molar-refractivity contribution in [3.63, 3.8) is 0 Å². The minimum atomic E-state index is -3.47. The minimum absolute atomic E-state index is 0.114. The van der Waals surface area contributed by atoms with Gasteiger partial charge in [-0.2, -0.15) is 0 Å². The van der Waals surface area contributed by atoms with E-state index < -0.39 is 16.1 Å². The van der Waals surface area contributed by atoms with Crippen molar-refractivity contribution in [2.75, 3.05) is 23.4 Å². The van der Waals surface area contributed by atoms with Crippen molar-refractivity contribution in [2.45, 2.75) is 24.9 Å². The Bertz CT molecular complexity index is 912. The molecule has 144 valence electrons. The van der Waals surface area contributed by atoms with E-state index in [0.717, 1.165) is 24.7 Å². The van der Waals surface area contributed by atoms with Crippen LogP contribution in [0.4, 0.5) is 11.4 Å². The van der Waals surface area contributed by atoms with Gasteiger partial charge < -0.3 is 15.4 Å². The largest absolute Gasteiger partial charge is 0.495 e. The molecule has 2 aromatic rings. The molecule has 1 saturated carbocycles. The zero-order valence-corrected chi connectivity index (χ0v) is 16.0. The quantitative estimate of drug-likeness (QED) is 0.645. The highest BCUT2D eigenvalue weighted by molar-refractivity contribution is 7.92. The molecule has 1 aliphatic rings. The maximum atomic E-state index is 12.7. The van der Waals surface area contributed by atoms with E-state index >= 15 is 0 Å². The molecule has 0 bridgehead atoms. The van der Waals surface area contributed by atoms with Gasteiger partial charge in [-0.3, -0.25) is 9.52 Å². The lowest BCUT2D eigenvalue weighted by molar-refractivity contribution is -0.122. The third-order valence-electron chi connectivity index (χ3n) is 4.12. The Balaban J connectivity index is 1.88. The lowest BCUT2D eigenvalue weighted by atomic mass is 10.1. The molecule has 8 heteroatoms. The van der Waals surface area contributed by atoms with E-state index in [9.17, 15) is 13.2 Å². The fourth-order valence-corrected chi connectivity index (χ4v) is 3.26. The summed E-state index contributed by atoms with van der Waals surface area (Å²) in [6, 6.07) is 14.0. The Morgan fingerprint density at radius 1 is 1.15 bits per heavy atom. The zero-order valence-electron chi connectivity index (χ0n) is 15.2. The van der Waals surface area contributed by atoms with E-state index in [1.807, 2.05) is 30.3 Å². The van der Waals surface area contributed by atoms with Crippen molar-refractivity contribution in [3.05, 3.63) is 54.1 Å². The first-order valence-corrected chi connectivity index (χ1v) is 10.5. The van der Waals surface area contributed by atoms with Crippen LogP contribution in [0.25, 0.3) is 0 Å². The number of carbonyl (C=O) groups excluding carboxylic acids is 1. The van der Waals surface area contributed by atoms with E-state index in [1.54, 1.807) is 18.2 Å². The summed E-state index contributed by atoms with van der Waals surface area (Å²) in [5.74, 6) is 0.279. The van der Waals surface area contributed by atoms with Gasteiger partial charge in [0.05, 0.1) is 19.1 Å². The molecular weight excluding hydrogens is 366 g/mol. The highest BCUT2D eigenvalue weighted by Gasteiger charge is 2.28. The van der Waals surface area contributed by atoms with Gasteiger partial charge >= 0.3 is 0 Å². The number of nitrogens with one attached hydrogen (secondary N) is 3. The highest BCUT2D eigenvalue weighted by Crippen LogP contribution is 2.31. The van der Waals surface area contributed by atoms with Crippen LogP contribution in [0.2, 0.25) is 0 Å². The van der Waals surface area contributed by atoms with Crippen LogP contribution in [0, 0.1) is 0 Å². The van der Waals surface area contributed by atoms with E-state index in [2.05, 4.69) is 15.4 Å². The summed E-state index contributed by atoms with van der Waals surface area (Å²) in [5.41, 5.74) is 1.73. The van der Waals surface area contributed by atoms with Gasteiger partial charge in [-0.15, -0.1) is 0 Å². The number of sulfonamides is 1. The summed E-state index contributed by atoms with van der Waals surface area (Å²) in [4.78, 5) is 12.7. The summed E-state index contributed by atoms with van der Waals surface area (Å²) in [6.45, 7) is 0. The summed E-state index contributed by atoms with van der Waals surface area (Å²) < 4.78 is 30.9. The monoisotopic (exact) mass is 389 g/mol. The van der Waals surface area contributed by atoms with Gasteiger partial charge in [0.15, 0.2) is 0 Å². The predicted molar refractivity (Wildman–Crippen MR) is 105 cm³/mol. The molecule has 1 atom stereocenters. The molecule has 0 unspecified atom stereocenters. The van der Waals surface area contributed by atoms with Gasteiger partial charge in [-0.05, 0) is 36.6 Å². The summed E-state index contributed by atoms with van der Waals surface area (Å²) >= 11 is 0. The van der Waals surface area contributed by atoms with Gasteiger partial charge in [0.2, 0.25) is 15.9 Å². The van der Waals surface area contributed by atoms with Gasteiger partial charge in [0.1, 0.15) is 11.8 Å². The van der Waals surface area contributed by atoms with Crippen LogP contribution >= 0.6 is 0 Å². The Morgan fingerprint density at radius 3 is 2.44 bits per heavy atom. The SMILES string of the molecule is COc1ccc(N[C@@H](C(=O)NC2CC2)c2ccccc2)cc1NS(C)(=O)=O. The normalized spacial score (nSPS) is 14.9. The van der Waals surface area contributed by atoms with E-state index in [1.165, 1.54) is 7.11 Å². The van der Waals surface area contributed by atoms with Crippen LogP contribution in [0.5, 0.6) is 5.75 Å². The van der Waals surface area contributed by atoms with E-state index in [-0.39, 0.29) is 11.9 Å². The molecule has 0 spiro atoms. The van der Waals surface area contributed by atoms with Gasteiger partial charge in [0.25, 0.3) is 0 Å². The van der Waals surface area contributed by atoms with Crippen molar-refractivity contribution in [2.24, 2.45) is 0 Å². The average molecular weight is 389 g/mol. The fraction of sp³-hybridized carbons (Fsp3) is 0.316. The summed E-state index contributed by atoms with van der Waals surface area (Å²) in [5, 5.41) is 6.21. The molecule has 7 nitrogen and oxygen atoms in total. The summed E-state index contributed by atoms with van der Waals surface area (Å²) in [6.07, 6.45) is 3.07. The lowest BCUT2D eigenvalue weighted by Gasteiger charge is -2.21. The Morgan fingerprint density at radius 2 is 1.85 bits per heavy atom. The minimum Gasteiger partial charge on any atom is -0.495 e. The van der Waals surface area contributed by atoms with Crippen LogP contribution in [-0.2, 0) is 14.8 Å². The number of anilines is 2. The molecule has 0 heterocycles. The number of rotatable bonds is 8. The molecule has 0 saturated heterocycles. The molecule has 0 radical (unpaired) electrons. The molecular formula is C19H23N3O4S. The van der Waals surface area contributed by atoms with Gasteiger partial charge in [-0.1, -0.05) is 30.3 Å². The van der Waals surface area contributed by atoms with Crippen molar-refractivity contribution in [3.8, 4) is 5.75 Å². The number of hydrogen-bond donors (Lipinski definition) is 3. The Kier molecular flexibility index (Phi) is 5.55. The molecule has 1 fully saturated rings. The molecule has 27 heavy (non-hydrogen) atoms. The molecule has 0 aliphatic heterocycles. The van der Waals surface area contributed by atoms with Crippen LogP contribution in [0.1, 0.15) is 24.4 Å². The molecule has 0 aromatic heterocycles. The third-order valence-corrected chi connectivity index (χ3v) is 4.72. The fourth-order valence-electron chi connectivity index (χ4n) is 2.70. The first-order chi connectivity index (χ1) is 12.9. The van der Waals surface area contributed by atoms with Gasteiger partial charge in [-0.25, -0.2) is 8.42 Å². The average Bonchev–Trinajstić information content (AvgIpc) is 3.43. The van der Waals surface area contributed by atoms with Gasteiger partial charge in [0, 0.05) is 11.7 Å². The standard InChI is InChI=1S/C19H23N3O4S/c1-26-17-11-10-15(12-16(17)22-27(2,24)25)20-18(13-6-4-3-5-7-13)19(23)21-14-8-9-14/h3-7,10-12,14,18,20,22H,8-9H2,1-2H3,(H,21,23)/t18-/m1/s1. The second kappa shape index (κ2) is 7.87. The molecule has 3 N–H and O–H groups in total. The molecule has 1 aliphatic carbocycles. The van der Waals surface area contributed by atoms with Crippen LogP contribution in [0.15, 0.2) is 48.5 Å². The smallest absolute Gasteiger partial charge is 0.247 e. The van der Waals surface area contributed by atoms with Crippen molar-refractivity contribution in [1.29, 1.82) is 0 Å². The predicted octanol–water partition coefficient (Wildman–Crippen LogP) is 2.50. The van der Waals surface area contributed by atoms with Crippen molar-refractivity contribution >= 4 is 27.3 Å². The van der Waals surface area contributed by atoms with E-state index in [4.69, 9.17) is 4.74 Å². The van der Waals surface area contributed by atoms with Crippen molar-refractivity contribution < 1.29 is 17.9 Å². The first-order valence-electron chi connectivity index (χ1n) is 8.63. The molecule has 3 rings (SSSR count). The maximum Gasteiger partial charge on any atom is 0.247 e. The number of ether oxygens (including phenoxy) is 1. The Hall–Kier alpha value is -2.74. The number of amides is 1. The summed E-state index contributed by atoms with van der Waals surface area (Å²) in [7, 11) is -2.00. The first kappa shape index (κ1) is 19.0. The highest BCUT2D eigenvalue weighted by atomic mass is 32.2. The lowest BCUT2D eigenvalue weighted by Crippen LogP contribution is -2.34. The zero-order chi connectivity index (χ0) is 19.4. The second-order valence-electron chi connectivity index (χ2n) is 6.56. The molecule has 2 aromatic carbocycles. The Labute approximate surface area is 159 Å². The number of carbonyl (C=O) groups is 1. The topological polar surface area (TPSA) is 96.5 Å². The second-order valence-corrected chi connectivity index (χ2v) is 8.31. The van der Waals surface area contributed by atoms with Crippen LogP contribution < -0.4 is 20.1 Å². The van der Waals surface area contributed by atoms with E-state index in [0.29, 0.717) is 17.1 Å². The maximum absolute atomic E-state index is 12.7. The number of benzene rings is 2. The van der Waals surface area contributed by atoms with Crippen molar-refractivity contribution in [1.82, 2.24) is 5.32 Å².